The van der Waals surface area contributed by atoms with Crippen LogP contribution in [-0.2, 0) is 0 Å². The zero-order chi connectivity index (χ0) is 14.5. The average molecular weight is 323 g/mol. The summed E-state index contributed by atoms with van der Waals surface area (Å²) in [4.78, 5) is 0.957. The van der Waals surface area contributed by atoms with Crippen molar-refractivity contribution in [3.8, 4) is 6.07 Å². The van der Waals surface area contributed by atoms with Gasteiger partial charge >= 0.3 is 0 Å². The van der Waals surface area contributed by atoms with Gasteiger partial charge in [-0.1, -0.05) is 36.2 Å². The van der Waals surface area contributed by atoms with Crippen molar-refractivity contribution in [1.82, 2.24) is 0 Å². The predicted octanol–water partition coefficient (Wildman–Crippen LogP) is 5.72. The summed E-state index contributed by atoms with van der Waals surface area (Å²) in [5.41, 5.74) is 2.04. The number of hydrogen-bond acceptors (Lipinski definition) is 3. The highest BCUT2D eigenvalue weighted by Crippen LogP contribution is 2.33. The fraction of sp³-hybridized carbons (Fsp3) is 0.133. The summed E-state index contributed by atoms with van der Waals surface area (Å²) in [6, 6.07) is 13.2. The van der Waals surface area contributed by atoms with E-state index in [2.05, 4.69) is 18.3 Å². The molecule has 20 heavy (non-hydrogen) atoms. The van der Waals surface area contributed by atoms with Crippen molar-refractivity contribution in [2.45, 2.75) is 11.8 Å². The van der Waals surface area contributed by atoms with Crippen LogP contribution in [0, 0.1) is 11.3 Å². The Morgan fingerprint density at radius 2 is 2.00 bits per heavy atom. The molecule has 0 aliphatic carbocycles. The minimum atomic E-state index is 0.562. The summed E-state index contributed by atoms with van der Waals surface area (Å²) in [6.45, 7) is 2.06. The molecule has 2 nitrogen and oxygen atoms in total. The molecule has 0 saturated heterocycles. The Morgan fingerprint density at radius 3 is 2.70 bits per heavy atom. The number of nitrogens with one attached hydrogen (secondary N) is 1. The smallest absolute Gasteiger partial charge is 0.103 e. The first-order valence-corrected chi connectivity index (χ1v) is 7.78. The monoisotopic (exact) mass is 322 g/mol. The quantitative estimate of drug-likeness (QED) is 0.731. The maximum absolute atomic E-state index is 9.37. The zero-order valence-corrected chi connectivity index (χ0v) is 13.1. The van der Waals surface area contributed by atoms with Crippen molar-refractivity contribution in [1.29, 1.82) is 5.26 Å². The van der Waals surface area contributed by atoms with Gasteiger partial charge < -0.3 is 5.32 Å². The maximum atomic E-state index is 9.37. The topological polar surface area (TPSA) is 35.8 Å². The van der Waals surface area contributed by atoms with Gasteiger partial charge in [0.25, 0.3) is 0 Å². The lowest BCUT2D eigenvalue weighted by Gasteiger charge is -2.12. The van der Waals surface area contributed by atoms with E-state index in [0.29, 0.717) is 21.3 Å². The first kappa shape index (κ1) is 15.1. The van der Waals surface area contributed by atoms with Crippen LogP contribution in [0.3, 0.4) is 0 Å². The van der Waals surface area contributed by atoms with Crippen molar-refractivity contribution in [2.24, 2.45) is 0 Å². The molecule has 0 heterocycles. The summed E-state index contributed by atoms with van der Waals surface area (Å²) in [5.74, 6) is 0.913. The third-order valence-corrected chi connectivity index (χ3v) is 4.14. The maximum Gasteiger partial charge on any atom is 0.103 e. The summed E-state index contributed by atoms with van der Waals surface area (Å²) < 4.78 is 0. The number of rotatable bonds is 4. The average Bonchev–Trinajstić information content (AvgIpc) is 2.43. The van der Waals surface area contributed by atoms with Crippen LogP contribution in [0.5, 0.6) is 0 Å². The minimum absolute atomic E-state index is 0.562. The van der Waals surface area contributed by atoms with Crippen molar-refractivity contribution in [3.63, 3.8) is 0 Å². The van der Waals surface area contributed by atoms with Gasteiger partial charge in [-0.3, -0.25) is 0 Å². The van der Waals surface area contributed by atoms with Crippen molar-refractivity contribution in [2.75, 3.05) is 11.1 Å². The molecule has 0 aliphatic heterocycles. The molecule has 0 spiro atoms. The van der Waals surface area contributed by atoms with Gasteiger partial charge in [0.1, 0.15) is 6.07 Å². The highest BCUT2D eigenvalue weighted by molar-refractivity contribution is 7.99. The molecule has 0 saturated carbocycles. The Hall–Kier alpha value is -1.34. The molecule has 0 bridgehead atoms. The first-order chi connectivity index (χ1) is 9.65. The highest BCUT2D eigenvalue weighted by Gasteiger charge is 2.10. The van der Waals surface area contributed by atoms with Crippen LogP contribution in [0.4, 0.5) is 11.4 Å². The molecule has 0 amide bonds. The van der Waals surface area contributed by atoms with Gasteiger partial charge in [-0.05, 0) is 36.1 Å². The van der Waals surface area contributed by atoms with Crippen LogP contribution in [0.1, 0.15) is 12.5 Å². The van der Waals surface area contributed by atoms with Crippen LogP contribution < -0.4 is 5.32 Å². The van der Waals surface area contributed by atoms with Gasteiger partial charge in [0.2, 0.25) is 0 Å². The van der Waals surface area contributed by atoms with E-state index in [1.54, 1.807) is 30.0 Å². The second-order valence-corrected chi connectivity index (χ2v) is 6.12. The fourth-order valence-electron chi connectivity index (χ4n) is 1.76. The molecule has 0 fully saturated rings. The summed E-state index contributed by atoms with van der Waals surface area (Å²) >= 11 is 13.7. The van der Waals surface area contributed by atoms with Crippen LogP contribution in [0.2, 0.25) is 10.0 Å². The Kier molecular flexibility index (Phi) is 5.19. The second-order valence-electron chi connectivity index (χ2n) is 3.97. The summed E-state index contributed by atoms with van der Waals surface area (Å²) in [7, 11) is 0. The van der Waals surface area contributed by atoms with Crippen molar-refractivity contribution in [3.05, 3.63) is 52.0 Å². The highest BCUT2D eigenvalue weighted by atomic mass is 35.5. The number of nitriles is 1. The van der Waals surface area contributed by atoms with E-state index in [0.717, 1.165) is 16.3 Å². The van der Waals surface area contributed by atoms with E-state index in [1.165, 1.54) is 0 Å². The lowest BCUT2D eigenvalue weighted by atomic mass is 10.2. The standard InChI is InChI=1S/C15H12Cl2N2S/c1-2-20-15-5-3-4-13(11(15)9-18)19-14-8-10(16)6-7-12(14)17/h3-8,19H,2H2,1H3. The van der Waals surface area contributed by atoms with Crippen molar-refractivity contribution >= 4 is 46.3 Å². The predicted molar refractivity (Wildman–Crippen MR) is 87.3 cm³/mol. The van der Waals surface area contributed by atoms with E-state index in [9.17, 15) is 5.26 Å². The van der Waals surface area contributed by atoms with Gasteiger partial charge in [-0.2, -0.15) is 5.26 Å². The Balaban J connectivity index is 2.41. The molecule has 2 aromatic carbocycles. The number of thioether (sulfide) groups is 1. The van der Waals surface area contributed by atoms with Crippen LogP contribution in [-0.4, -0.2) is 5.75 Å². The number of hydrogen-bond donors (Lipinski definition) is 1. The van der Waals surface area contributed by atoms with Gasteiger partial charge in [0.05, 0.1) is 22.0 Å². The summed E-state index contributed by atoms with van der Waals surface area (Å²) in [6.07, 6.45) is 0. The summed E-state index contributed by atoms with van der Waals surface area (Å²) in [5, 5.41) is 13.7. The molecule has 102 valence electrons. The number of nitrogens with zero attached hydrogens (tertiary/aromatic N) is 1. The largest absolute Gasteiger partial charge is 0.353 e. The van der Waals surface area contributed by atoms with E-state index in [4.69, 9.17) is 23.2 Å². The molecule has 1 N–H and O–H groups in total. The molecule has 0 unspecified atom stereocenters. The van der Waals surface area contributed by atoms with Crippen LogP contribution >= 0.6 is 35.0 Å². The second kappa shape index (κ2) is 6.90. The molecular weight excluding hydrogens is 311 g/mol. The van der Waals surface area contributed by atoms with E-state index < -0.39 is 0 Å². The number of halogens is 2. The molecule has 5 heteroatoms. The minimum Gasteiger partial charge on any atom is -0.353 e. The van der Waals surface area contributed by atoms with E-state index >= 15 is 0 Å². The molecule has 0 radical (unpaired) electrons. The zero-order valence-electron chi connectivity index (χ0n) is 10.8. The van der Waals surface area contributed by atoms with E-state index in [1.807, 2.05) is 18.2 Å². The van der Waals surface area contributed by atoms with Gasteiger partial charge in [0.15, 0.2) is 0 Å². The molecule has 0 aliphatic rings. The van der Waals surface area contributed by atoms with Gasteiger partial charge in [-0.15, -0.1) is 11.8 Å². The normalized spacial score (nSPS) is 10.1. The third kappa shape index (κ3) is 3.40. The Bertz CT molecular complexity index is 665. The SMILES string of the molecule is CCSc1cccc(Nc2cc(Cl)ccc2Cl)c1C#N. The third-order valence-electron chi connectivity index (χ3n) is 2.64. The Labute approximate surface area is 132 Å². The number of benzene rings is 2. The lowest BCUT2D eigenvalue weighted by Crippen LogP contribution is -1.96. The molecule has 2 aromatic rings. The fourth-order valence-corrected chi connectivity index (χ4v) is 2.89. The molecular formula is C15H12Cl2N2S. The molecule has 0 atom stereocenters. The molecule has 2 rings (SSSR count). The number of anilines is 2. The lowest BCUT2D eigenvalue weighted by molar-refractivity contribution is 1.34. The van der Waals surface area contributed by atoms with Gasteiger partial charge in [-0.25, -0.2) is 0 Å². The van der Waals surface area contributed by atoms with Crippen molar-refractivity contribution < 1.29 is 0 Å². The first-order valence-electron chi connectivity index (χ1n) is 6.03. The van der Waals surface area contributed by atoms with E-state index in [-0.39, 0.29) is 0 Å². The van der Waals surface area contributed by atoms with Crippen LogP contribution in [0.15, 0.2) is 41.3 Å². The molecule has 0 aromatic heterocycles. The van der Waals surface area contributed by atoms with Gasteiger partial charge in [0, 0.05) is 9.92 Å². The van der Waals surface area contributed by atoms with Crippen LogP contribution in [0.25, 0.3) is 0 Å². The Morgan fingerprint density at radius 1 is 1.20 bits per heavy atom.